The summed E-state index contributed by atoms with van der Waals surface area (Å²) in [5.74, 6) is -0.908. The maximum Gasteiger partial charge on any atom is 0.423 e. The molecule has 154 valence electrons. The molecule has 28 heavy (non-hydrogen) atoms. The van der Waals surface area contributed by atoms with Crippen LogP contribution in [0.2, 0.25) is 0 Å². The third-order valence-corrected chi connectivity index (χ3v) is 3.42. The summed E-state index contributed by atoms with van der Waals surface area (Å²) in [5, 5.41) is 0. The van der Waals surface area contributed by atoms with Crippen molar-refractivity contribution in [2.24, 2.45) is 0 Å². The van der Waals surface area contributed by atoms with Crippen LogP contribution >= 0.6 is 0 Å². The van der Waals surface area contributed by atoms with E-state index in [2.05, 4.69) is 14.7 Å². The Labute approximate surface area is 156 Å². The van der Waals surface area contributed by atoms with Gasteiger partial charge in [0.25, 0.3) is 0 Å². The Kier molecular flexibility index (Phi) is 6.57. The molecule has 11 heteroatoms. The topological polar surface area (TPSA) is 47.5 Å². The lowest BCUT2D eigenvalue weighted by molar-refractivity contribution is -0.159. The number of ether oxygens (including phenoxy) is 2. The Morgan fingerprint density at radius 2 is 1.75 bits per heavy atom. The van der Waals surface area contributed by atoms with Gasteiger partial charge in [-0.2, -0.15) is 31.3 Å². The highest BCUT2D eigenvalue weighted by Crippen LogP contribution is 2.37. The molecule has 0 fully saturated rings. The lowest BCUT2D eigenvalue weighted by Gasteiger charge is -2.23. The minimum absolute atomic E-state index is 0.235. The number of hydrogen-bond acceptors (Lipinski definition) is 5. The van der Waals surface area contributed by atoms with Gasteiger partial charge in [0, 0.05) is 24.5 Å². The summed E-state index contributed by atoms with van der Waals surface area (Å²) in [7, 11) is 0. The zero-order valence-electron chi connectivity index (χ0n) is 14.9. The molecule has 1 aromatic heterocycles. The summed E-state index contributed by atoms with van der Waals surface area (Å²) in [6, 6.07) is 6.61. The number of benzene rings is 1. The first-order chi connectivity index (χ1) is 13.0. The highest BCUT2D eigenvalue weighted by molar-refractivity contribution is 5.59. The lowest BCUT2D eigenvalue weighted by Crippen LogP contribution is -2.24. The molecule has 1 aromatic carbocycles. The van der Waals surface area contributed by atoms with E-state index in [1.807, 2.05) is 0 Å². The molecule has 0 amide bonds. The van der Waals surface area contributed by atoms with E-state index in [1.165, 1.54) is 4.90 Å². The van der Waals surface area contributed by atoms with E-state index < -0.39 is 30.4 Å². The molecule has 0 aliphatic rings. The van der Waals surface area contributed by atoms with Gasteiger partial charge in [-0.3, -0.25) is 0 Å². The van der Waals surface area contributed by atoms with Crippen LogP contribution in [-0.2, 0) is 6.18 Å². The molecule has 0 N–H and O–H groups in total. The summed E-state index contributed by atoms with van der Waals surface area (Å²) < 4.78 is 86.1. The maximum atomic E-state index is 13.1. The standard InChI is InChI=1S/C17H17F6N3O2/c1-3-26(11-6-5-7-12(8-11)27-4-2)15-24-9-13(17(21,22)23)14(25-15)28-10-16(18,19)20/h5-9H,3-4,10H2,1-2H3. The minimum Gasteiger partial charge on any atom is -0.494 e. The molecule has 0 saturated carbocycles. The Morgan fingerprint density at radius 3 is 2.32 bits per heavy atom. The quantitative estimate of drug-likeness (QED) is 0.603. The van der Waals surface area contributed by atoms with E-state index in [0.29, 0.717) is 24.2 Å². The van der Waals surface area contributed by atoms with E-state index in [-0.39, 0.29) is 12.5 Å². The van der Waals surface area contributed by atoms with Gasteiger partial charge in [0.2, 0.25) is 11.8 Å². The van der Waals surface area contributed by atoms with Crippen molar-refractivity contribution in [3.05, 3.63) is 36.0 Å². The molecule has 0 unspecified atom stereocenters. The molecule has 1 heterocycles. The monoisotopic (exact) mass is 409 g/mol. The first-order valence-corrected chi connectivity index (χ1v) is 8.19. The summed E-state index contributed by atoms with van der Waals surface area (Å²) in [6.45, 7) is 2.21. The van der Waals surface area contributed by atoms with Crippen molar-refractivity contribution in [1.82, 2.24) is 9.97 Å². The largest absolute Gasteiger partial charge is 0.494 e. The second-order valence-electron chi connectivity index (χ2n) is 5.47. The third-order valence-electron chi connectivity index (χ3n) is 3.42. The molecule has 5 nitrogen and oxygen atoms in total. The molecule has 0 aliphatic carbocycles. The summed E-state index contributed by atoms with van der Waals surface area (Å²) in [6.07, 6.45) is -9.38. The van der Waals surface area contributed by atoms with Crippen molar-refractivity contribution in [2.45, 2.75) is 26.2 Å². The Balaban J connectivity index is 2.44. The van der Waals surface area contributed by atoms with Gasteiger partial charge in [-0.15, -0.1) is 0 Å². The Morgan fingerprint density at radius 1 is 1.04 bits per heavy atom. The van der Waals surface area contributed by atoms with Crippen molar-refractivity contribution in [3.8, 4) is 11.6 Å². The van der Waals surface area contributed by atoms with Crippen LogP contribution < -0.4 is 14.4 Å². The van der Waals surface area contributed by atoms with Crippen molar-refractivity contribution in [1.29, 1.82) is 0 Å². The second-order valence-corrected chi connectivity index (χ2v) is 5.47. The summed E-state index contributed by atoms with van der Waals surface area (Å²) in [5.41, 5.74) is -0.991. The molecular formula is C17H17F6N3O2. The van der Waals surface area contributed by atoms with Crippen molar-refractivity contribution >= 4 is 11.6 Å². The number of nitrogens with zero attached hydrogens (tertiary/aromatic N) is 3. The van der Waals surface area contributed by atoms with E-state index in [1.54, 1.807) is 38.1 Å². The van der Waals surface area contributed by atoms with Crippen molar-refractivity contribution in [3.63, 3.8) is 0 Å². The fourth-order valence-corrected chi connectivity index (χ4v) is 2.29. The normalized spacial score (nSPS) is 12.0. The SMILES string of the molecule is CCOc1cccc(N(CC)c2ncc(C(F)(F)F)c(OCC(F)(F)F)n2)c1. The average Bonchev–Trinajstić information content (AvgIpc) is 2.60. The highest BCUT2D eigenvalue weighted by atomic mass is 19.4. The first-order valence-electron chi connectivity index (χ1n) is 8.19. The van der Waals surface area contributed by atoms with Gasteiger partial charge < -0.3 is 14.4 Å². The van der Waals surface area contributed by atoms with Crippen LogP contribution in [0.3, 0.4) is 0 Å². The molecule has 0 atom stereocenters. The van der Waals surface area contributed by atoms with Crippen LogP contribution in [-0.4, -0.2) is 35.9 Å². The van der Waals surface area contributed by atoms with Gasteiger partial charge in [0.05, 0.1) is 6.61 Å². The van der Waals surface area contributed by atoms with Crippen LogP contribution in [0, 0.1) is 0 Å². The fourth-order valence-electron chi connectivity index (χ4n) is 2.29. The van der Waals surface area contributed by atoms with E-state index >= 15 is 0 Å². The molecule has 2 aromatic rings. The fraction of sp³-hybridized carbons (Fsp3) is 0.412. The molecule has 2 rings (SSSR count). The molecule has 0 radical (unpaired) electrons. The predicted molar refractivity (Wildman–Crippen MR) is 88.9 cm³/mol. The predicted octanol–water partition coefficient (Wildman–Crippen LogP) is 4.99. The number of hydrogen-bond donors (Lipinski definition) is 0. The summed E-state index contributed by atoms with van der Waals surface area (Å²) >= 11 is 0. The molecule has 0 spiro atoms. The zero-order chi connectivity index (χ0) is 20.9. The van der Waals surface area contributed by atoms with E-state index in [4.69, 9.17) is 4.74 Å². The van der Waals surface area contributed by atoms with E-state index in [0.717, 1.165) is 0 Å². The van der Waals surface area contributed by atoms with Crippen LogP contribution in [0.1, 0.15) is 19.4 Å². The van der Waals surface area contributed by atoms with Gasteiger partial charge in [-0.25, -0.2) is 4.98 Å². The highest BCUT2D eigenvalue weighted by Gasteiger charge is 2.38. The summed E-state index contributed by atoms with van der Waals surface area (Å²) in [4.78, 5) is 8.68. The molecule has 0 bridgehead atoms. The second kappa shape index (κ2) is 8.53. The van der Waals surface area contributed by atoms with Gasteiger partial charge in [0.15, 0.2) is 6.61 Å². The van der Waals surface area contributed by atoms with E-state index in [9.17, 15) is 26.3 Å². The first kappa shape index (κ1) is 21.6. The minimum atomic E-state index is -4.97. The van der Waals surface area contributed by atoms with Crippen molar-refractivity contribution in [2.75, 3.05) is 24.7 Å². The van der Waals surface area contributed by atoms with Crippen LogP contribution in [0.4, 0.5) is 38.0 Å². The van der Waals surface area contributed by atoms with Crippen LogP contribution in [0.25, 0.3) is 0 Å². The molecular weight excluding hydrogens is 392 g/mol. The smallest absolute Gasteiger partial charge is 0.423 e. The number of aromatic nitrogens is 2. The molecule has 0 saturated heterocycles. The zero-order valence-corrected chi connectivity index (χ0v) is 14.9. The van der Waals surface area contributed by atoms with Gasteiger partial charge in [-0.1, -0.05) is 6.07 Å². The van der Waals surface area contributed by atoms with Gasteiger partial charge in [0.1, 0.15) is 11.3 Å². The third kappa shape index (κ3) is 5.64. The number of halogens is 6. The van der Waals surface area contributed by atoms with Crippen LogP contribution in [0.5, 0.6) is 11.6 Å². The molecule has 0 aliphatic heterocycles. The van der Waals surface area contributed by atoms with Crippen molar-refractivity contribution < 1.29 is 35.8 Å². The number of anilines is 2. The Bertz CT molecular complexity index is 795. The van der Waals surface area contributed by atoms with Crippen LogP contribution in [0.15, 0.2) is 30.5 Å². The average molecular weight is 409 g/mol. The number of rotatable bonds is 7. The van der Waals surface area contributed by atoms with Gasteiger partial charge >= 0.3 is 12.4 Å². The Hall–Kier alpha value is -2.72. The number of alkyl halides is 6. The lowest BCUT2D eigenvalue weighted by atomic mass is 10.2. The maximum absolute atomic E-state index is 13.1. The van der Waals surface area contributed by atoms with Gasteiger partial charge in [-0.05, 0) is 26.0 Å².